The summed E-state index contributed by atoms with van der Waals surface area (Å²) in [6.45, 7) is 10.4. The van der Waals surface area contributed by atoms with Crippen LogP contribution >= 0.6 is 23.5 Å². The van der Waals surface area contributed by atoms with E-state index in [0.717, 1.165) is 5.76 Å². The highest BCUT2D eigenvalue weighted by Crippen LogP contribution is 2.25. The van der Waals surface area contributed by atoms with Crippen molar-refractivity contribution in [3.63, 3.8) is 0 Å². The Hall–Kier alpha value is 0.197. The van der Waals surface area contributed by atoms with Gasteiger partial charge in [0.2, 0.25) is 8.32 Å². The summed E-state index contributed by atoms with van der Waals surface area (Å²) in [4.78, 5) is 0. The van der Waals surface area contributed by atoms with Crippen molar-refractivity contribution in [3.05, 3.63) is 22.7 Å². The summed E-state index contributed by atoms with van der Waals surface area (Å²) in [5, 5.41) is 0. The van der Waals surface area contributed by atoms with E-state index < -0.39 is 8.32 Å². The Morgan fingerprint density at radius 2 is 1.69 bits per heavy atom. The topological polar surface area (TPSA) is 9.23 Å². The highest BCUT2D eigenvalue weighted by Gasteiger charge is 2.15. The van der Waals surface area contributed by atoms with Crippen LogP contribution in [0.5, 0.6) is 0 Å². The van der Waals surface area contributed by atoms with Crippen molar-refractivity contribution in [2.24, 2.45) is 0 Å². The quantitative estimate of drug-likeness (QED) is 0.405. The molecule has 0 amide bonds. The van der Waals surface area contributed by atoms with Gasteiger partial charge in [-0.1, -0.05) is 6.58 Å². The fraction of sp³-hybridized carbons (Fsp3) is 0.556. The van der Waals surface area contributed by atoms with Gasteiger partial charge in [-0.2, -0.15) is 0 Å². The van der Waals surface area contributed by atoms with Crippen LogP contribution in [0.4, 0.5) is 0 Å². The summed E-state index contributed by atoms with van der Waals surface area (Å²) >= 11 is 3.45. The molecule has 76 valence electrons. The Morgan fingerprint density at radius 1 is 1.23 bits per heavy atom. The Balaban J connectivity index is 4.21. The molecule has 4 heteroatoms. The highest BCUT2D eigenvalue weighted by atomic mass is 32.2. The standard InChI is InChI=1S/C9H18OS2Si/c1-8(10-13(4,5)6)7-9(11-2)12-3/h7H,1H2,2-6H3. The largest absolute Gasteiger partial charge is 0.545 e. The van der Waals surface area contributed by atoms with Crippen LogP contribution in [0, 0.1) is 0 Å². The van der Waals surface area contributed by atoms with E-state index in [1.165, 1.54) is 4.24 Å². The normalized spacial score (nSPS) is 10.8. The molecule has 1 nitrogen and oxygen atoms in total. The molecule has 13 heavy (non-hydrogen) atoms. The Bertz CT molecular complexity index is 200. The van der Waals surface area contributed by atoms with E-state index in [-0.39, 0.29) is 0 Å². The van der Waals surface area contributed by atoms with Gasteiger partial charge < -0.3 is 4.43 Å². The summed E-state index contributed by atoms with van der Waals surface area (Å²) in [6.07, 6.45) is 6.13. The summed E-state index contributed by atoms with van der Waals surface area (Å²) in [7, 11) is -1.48. The number of hydrogen-bond donors (Lipinski definition) is 0. The second-order valence-electron chi connectivity index (χ2n) is 3.55. The summed E-state index contributed by atoms with van der Waals surface area (Å²) < 4.78 is 6.95. The van der Waals surface area contributed by atoms with Gasteiger partial charge in [0.15, 0.2) is 0 Å². The molecule has 0 bridgehead atoms. The first-order chi connectivity index (χ1) is 5.89. The lowest BCUT2D eigenvalue weighted by Crippen LogP contribution is -2.24. The van der Waals surface area contributed by atoms with Gasteiger partial charge in [-0.15, -0.1) is 23.5 Å². The number of thioether (sulfide) groups is 2. The minimum absolute atomic E-state index is 0.790. The minimum atomic E-state index is -1.48. The highest BCUT2D eigenvalue weighted by molar-refractivity contribution is 8.21. The zero-order valence-electron chi connectivity index (χ0n) is 9.01. The van der Waals surface area contributed by atoms with Crippen molar-refractivity contribution in [1.82, 2.24) is 0 Å². The van der Waals surface area contributed by atoms with Crippen molar-refractivity contribution in [1.29, 1.82) is 0 Å². The molecule has 0 aliphatic rings. The molecule has 0 aliphatic carbocycles. The lowest BCUT2D eigenvalue weighted by Gasteiger charge is -2.19. The van der Waals surface area contributed by atoms with E-state index in [1.54, 1.807) is 23.5 Å². The number of allylic oxidation sites excluding steroid dienone is 1. The maximum absolute atomic E-state index is 5.71. The van der Waals surface area contributed by atoms with Crippen LogP contribution in [0.15, 0.2) is 22.7 Å². The third kappa shape index (κ3) is 7.28. The molecule has 0 saturated carbocycles. The van der Waals surface area contributed by atoms with Crippen molar-refractivity contribution in [2.45, 2.75) is 19.6 Å². The van der Waals surface area contributed by atoms with E-state index >= 15 is 0 Å². The molecule has 0 saturated heterocycles. The second-order valence-corrected chi connectivity index (χ2v) is 9.94. The Labute approximate surface area is 91.1 Å². The molecule has 0 aromatic carbocycles. The van der Waals surface area contributed by atoms with Gasteiger partial charge in [0, 0.05) is 4.24 Å². The van der Waals surface area contributed by atoms with Crippen LogP contribution in [0.1, 0.15) is 0 Å². The lowest BCUT2D eigenvalue weighted by atomic mass is 10.6. The molecule has 0 radical (unpaired) electrons. The maximum Gasteiger partial charge on any atom is 0.242 e. The van der Waals surface area contributed by atoms with Gasteiger partial charge >= 0.3 is 0 Å². The van der Waals surface area contributed by atoms with E-state index in [2.05, 4.69) is 38.7 Å². The summed E-state index contributed by atoms with van der Waals surface area (Å²) in [5.41, 5.74) is 0. The number of hydrogen-bond acceptors (Lipinski definition) is 3. The van der Waals surface area contributed by atoms with Crippen LogP contribution in [-0.2, 0) is 4.43 Å². The molecule has 0 fully saturated rings. The van der Waals surface area contributed by atoms with E-state index in [0.29, 0.717) is 0 Å². The maximum atomic E-state index is 5.71. The molecule has 0 heterocycles. The molecule has 0 unspecified atom stereocenters. The smallest absolute Gasteiger partial charge is 0.242 e. The van der Waals surface area contributed by atoms with Crippen LogP contribution < -0.4 is 0 Å². The third-order valence-electron chi connectivity index (χ3n) is 1.12. The second kappa shape index (κ2) is 5.83. The van der Waals surface area contributed by atoms with E-state index in [9.17, 15) is 0 Å². The van der Waals surface area contributed by atoms with E-state index in [4.69, 9.17) is 4.43 Å². The molecule has 0 spiro atoms. The first-order valence-electron chi connectivity index (χ1n) is 4.06. The van der Waals surface area contributed by atoms with Crippen molar-refractivity contribution in [3.8, 4) is 0 Å². The molecule has 0 aromatic rings. The van der Waals surface area contributed by atoms with Gasteiger partial charge in [0.05, 0.1) is 5.76 Å². The first kappa shape index (κ1) is 13.2. The van der Waals surface area contributed by atoms with Crippen molar-refractivity contribution in [2.75, 3.05) is 12.5 Å². The van der Waals surface area contributed by atoms with Crippen LogP contribution in [-0.4, -0.2) is 20.8 Å². The third-order valence-corrected chi connectivity index (χ3v) is 4.03. The molecule has 0 aliphatic heterocycles. The molecular weight excluding hydrogens is 216 g/mol. The predicted molar refractivity (Wildman–Crippen MR) is 68.7 cm³/mol. The first-order valence-corrected chi connectivity index (χ1v) is 9.92. The molecule has 0 aromatic heterocycles. The summed E-state index contributed by atoms with van der Waals surface area (Å²) in [6, 6.07) is 0. The fourth-order valence-corrected chi connectivity index (χ4v) is 2.77. The van der Waals surface area contributed by atoms with Gasteiger partial charge in [-0.25, -0.2) is 0 Å². The molecule has 0 N–H and O–H groups in total. The zero-order valence-corrected chi connectivity index (χ0v) is 11.6. The van der Waals surface area contributed by atoms with E-state index in [1.807, 2.05) is 6.08 Å². The molecule has 0 atom stereocenters. The van der Waals surface area contributed by atoms with Crippen LogP contribution in [0.2, 0.25) is 19.6 Å². The van der Waals surface area contributed by atoms with Gasteiger partial charge in [0.25, 0.3) is 0 Å². The summed E-state index contributed by atoms with van der Waals surface area (Å²) in [5.74, 6) is 0.790. The Morgan fingerprint density at radius 3 is 2.00 bits per heavy atom. The molecule has 0 rings (SSSR count). The van der Waals surface area contributed by atoms with Crippen LogP contribution in [0.25, 0.3) is 0 Å². The van der Waals surface area contributed by atoms with Gasteiger partial charge in [0.1, 0.15) is 0 Å². The Kier molecular flexibility index (Phi) is 5.92. The van der Waals surface area contributed by atoms with Gasteiger partial charge in [-0.3, -0.25) is 0 Å². The minimum Gasteiger partial charge on any atom is -0.545 e. The average molecular weight is 234 g/mol. The van der Waals surface area contributed by atoms with Gasteiger partial charge in [-0.05, 0) is 38.2 Å². The number of rotatable bonds is 5. The SMILES string of the molecule is C=C(C=C(SC)SC)O[Si](C)(C)C. The monoisotopic (exact) mass is 234 g/mol. The molecular formula is C9H18OS2Si. The predicted octanol–water partition coefficient (Wildman–Crippen LogP) is 3.92. The van der Waals surface area contributed by atoms with Crippen LogP contribution in [0.3, 0.4) is 0 Å². The average Bonchev–Trinajstić information content (AvgIpc) is 1.96. The fourth-order valence-electron chi connectivity index (χ4n) is 0.755. The zero-order chi connectivity index (χ0) is 10.5. The van der Waals surface area contributed by atoms with Crippen molar-refractivity contribution < 1.29 is 4.43 Å². The lowest BCUT2D eigenvalue weighted by molar-refractivity contribution is 0.444. The van der Waals surface area contributed by atoms with Crippen molar-refractivity contribution >= 4 is 31.8 Å².